The van der Waals surface area contributed by atoms with Crippen molar-refractivity contribution < 1.29 is 4.74 Å². The van der Waals surface area contributed by atoms with Gasteiger partial charge in [0.15, 0.2) is 0 Å². The second-order valence-corrected chi connectivity index (χ2v) is 2.35. The molecule has 0 aromatic carbocycles. The van der Waals surface area contributed by atoms with Crippen LogP contribution in [-0.2, 0) is 4.74 Å². The lowest BCUT2D eigenvalue weighted by Gasteiger charge is -2.09. The van der Waals surface area contributed by atoms with Gasteiger partial charge in [-0.15, -0.1) is 0 Å². The summed E-state index contributed by atoms with van der Waals surface area (Å²) in [4.78, 5) is 0. The van der Waals surface area contributed by atoms with Gasteiger partial charge in [-0.25, -0.2) is 0 Å². The molecule has 0 atom stereocenters. The normalized spacial score (nSPS) is 16.3. The maximum atomic E-state index is 4.72. The monoisotopic (exact) mass is 166 g/mol. The van der Waals surface area contributed by atoms with E-state index in [1.54, 1.807) is 0 Å². The van der Waals surface area contributed by atoms with Crippen LogP contribution in [0, 0.1) is 0 Å². The number of hydrogen-bond donors (Lipinski definition) is 0. The van der Waals surface area contributed by atoms with Gasteiger partial charge in [0.2, 0.25) is 0 Å². The van der Waals surface area contributed by atoms with Crippen molar-refractivity contribution in [1.82, 2.24) is 0 Å². The molecule has 0 bridgehead atoms. The van der Waals surface area contributed by atoms with Crippen LogP contribution in [-0.4, -0.2) is 18.5 Å². The van der Waals surface area contributed by atoms with Crippen LogP contribution < -0.4 is 0 Å². The maximum Gasteiger partial charge on any atom is 0.0488 e. The number of ether oxygens (including phenoxy) is 1. The predicted octanol–water partition coefficient (Wildman–Crippen LogP) is 1.81. The van der Waals surface area contributed by atoms with Gasteiger partial charge in [0, 0.05) is 18.5 Å². The van der Waals surface area contributed by atoms with Gasteiger partial charge < -0.3 is 4.74 Å². The summed E-state index contributed by atoms with van der Waals surface area (Å²) >= 11 is 3.15. The summed E-state index contributed by atoms with van der Waals surface area (Å²) in [6, 6.07) is 0. The van der Waals surface area contributed by atoms with Gasteiger partial charge in [-0.2, -0.15) is 0 Å². The highest BCUT2D eigenvalue weighted by Crippen LogP contribution is 1.93. The van der Waals surface area contributed by atoms with Crippen LogP contribution >= 0.6 is 15.9 Å². The molecule has 0 aromatic heterocycles. The fourth-order valence-electron chi connectivity index (χ4n) is 0.144. The van der Waals surface area contributed by atoms with E-state index < -0.39 is 0 Å². The minimum Gasteiger partial charge on any atom is -0.381 e. The zero-order valence-corrected chi connectivity index (χ0v) is 6.20. The molecular formula is C5H11BrO. The van der Waals surface area contributed by atoms with Gasteiger partial charge in [0.1, 0.15) is 0 Å². The van der Waals surface area contributed by atoms with E-state index in [9.17, 15) is 0 Å². The first-order valence-corrected chi connectivity index (χ1v) is 3.67. The Morgan fingerprint density at radius 3 is 1.71 bits per heavy atom. The van der Waals surface area contributed by atoms with Gasteiger partial charge in [-0.05, 0) is 6.42 Å². The highest BCUT2D eigenvalue weighted by Gasteiger charge is 1.94. The van der Waals surface area contributed by atoms with Gasteiger partial charge in [0.25, 0.3) is 0 Å². The van der Waals surface area contributed by atoms with Crippen molar-refractivity contribution in [2.75, 3.05) is 18.5 Å². The first kappa shape index (κ1) is 7.44. The molecule has 7 heavy (non-hydrogen) atoms. The van der Waals surface area contributed by atoms with E-state index in [0.29, 0.717) is 0 Å². The van der Waals surface area contributed by atoms with E-state index in [0.717, 1.165) is 18.5 Å². The van der Waals surface area contributed by atoms with E-state index in [-0.39, 0.29) is 0 Å². The molecule has 0 radical (unpaired) electrons. The van der Waals surface area contributed by atoms with Crippen LogP contribution in [0.4, 0.5) is 0 Å². The largest absolute Gasteiger partial charge is 0.381 e. The lowest BCUT2D eigenvalue weighted by atomic mass is 10.4. The third-order valence-electron chi connectivity index (χ3n) is 0.577. The zero-order chi connectivity index (χ0) is 5.54. The second-order valence-electron chi connectivity index (χ2n) is 1.23. The Morgan fingerprint density at radius 1 is 1.57 bits per heavy atom. The highest BCUT2D eigenvalue weighted by molar-refractivity contribution is 9.09. The Hall–Kier alpha value is 0.440. The first-order valence-electron chi connectivity index (χ1n) is 2.55. The fourth-order valence-corrected chi connectivity index (χ4v) is 0.144. The maximum absolute atomic E-state index is 4.72. The highest BCUT2D eigenvalue weighted by atomic mass is 79.9. The molecule has 0 aliphatic carbocycles. The summed E-state index contributed by atoms with van der Waals surface area (Å²) in [6.07, 6.45) is 1.28. The van der Waals surface area contributed by atoms with Crippen molar-refractivity contribution in [1.29, 1.82) is 0 Å². The average molecular weight is 167 g/mol. The van der Waals surface area contributed by atoms with Gasteiger partial charge in [-0.3, -0.25) is 0 Å². The number of halogens is 1. The molecule has 1 aliphatic rings. The standard InChI is InChI=1S/C3H6O.C2H5Br/c1-2-4-3-1;1-2-3/h1-3H2;2H2,1H3. The molecule has 1 saturated heterocycles. The van der Waals surface area contributed by atoms with Crippen molar-refractivity contribution in [2.24, 2.45) is 0 Å². The van der Waals surface area contributed by atoms with Crippen LogP contribution in [0.5, 0.6) is 0 Å². The van der Waals surface area contributed by atoms with E-state index in [1.165, 1.54) is 6.42 Å². The summed E-state index contributed by atoms with van der Waals surface area (Å²) in [5, 5.41) is 1.06. The SMILES string of the molecule is C1COC1.CCBr. The van der Waals surface area contributed by atoms with E-state index in [4.69, 9.17) is 4.74 Å². The summed E-state index contributed by atoms with van der Waals surface area (Å²) < 4.78 is 4.72. The third-order valence-corrected chi connectivity index (χ3v) is 0.577. The van der Waals surface area contributed by atoms with E-state index >= 15 is 0 Å². The first-order chi connectivity index (χ1) is 3.41. The molecule has 1 heterocycles. The average Bonchev–Trinajstić information content (AvgIpc) is 1.27. The van der Waals surface area contributed by atoms with Crippen LogP contribution in [0.1, 0.15) is 13.3 Å². The van der Waals surface area contributed by atoms with Gasteiger partial charge in [-0.1, -0.05) is 22.9 Å². The summed E-state index contributed by atoms with van der Waals surface area (Å²) in [5.74, 6) is 0. The quantitative estimate of drug-likeness (QED) is 0.500. The van der Waals surface area contributed by atoms with E-state index in [2.05, 4.69) is 15.9 Å². The molecule has 0 unspecified atom stereocenters. The van der Waals surface area contributed by atoms with Crippen LogP contribution in [0.25, 0.3) is 0 Å². The fraction of sp³-hybridized carbons (Fsp3) is 1.00. The number of hydrogen-bond acceptors (Lipinski definition) is 1. The van der Waals surface area contributed by atoms with Crippen molar-refractivity contribution in [3.8, 4) is 0 Å². The van der Waals surface area contributed by atoms with Crippen molar-refractivity contribution >= 4 is 15.9 Å². The molecule has 0 aromatic rings. The van der Waals surface area contributed by atoms with Crippen molar-refractivity contribution in [2.45, 2.75) is 13.3 Å². The molecule has 0 spiro atoms. The molecule has 44 valence electrons. The van der Waals surface area contributed by atoms with Crippen LogP contribution in [0.2, 0.25) is 0 Å². The van der Waals surface area contributed by atoms with Crippen LogP contribution in [0.3, 0.4) is 0 Å². The lowest BCUT2D eigenvalue weighted by molar-refractivity contribution is 0.0367. The molecule has 1 rings (SSSR count). The molecular weight excluding hydrogens is 156 g/mol. The topological polar surface area (TPSA) is 9.23 Å². The zero-order valence-electron chi connectivity index (χ0n) is 4.61. The predicted molar refractivity (Wildman–Crippen MR) is 34.9 cm³/mol. The molecule has 1 nitrogen and oxygen atoms in total. The molecule has 1 aliphatic heterocycles. The molecule has 0 amide bonds. The lowest BCUT2D eigenvalue weighted by Crippen LogP contribution is -2.09. The molecule has 1 fully saturated rings. The summed E-state index contributed by atoms with van der Waals surface area (Å²) in [6.45, 7) is 4.04. The van der Waals surface area contributed by atoms with Crippen LogP contribution in [0.15, 0.2) is 0 Å². The van der Waals surface area contributed by atoms with E-state index in [1.807, 2.05) is 6.92 Å². The minimum absolute atomic E-state index is 1.00. The Balaban J connectivity index is 0.000000110. The Kier molecular flexibility index (Phi) is 6.84. The second kappa shape index (κ2) is 6.44. The van der Waals surface area contributed by atoms with Crippen molar-refractivity contribution in [3.63, 3.8) is 0 Å². The minimum atomic E-state index is 1.00. The Morgan fingerprint density at radius 2 is 1.71 bits per heavy atom. The summed E-state index contributed by atoms with van der Waals surface area (Å²) in [7, 11) is 0. The third kappa shape index (κ3) is 6.44. The Labute approximate surface area is 53.2 Å². The number of rotatable bonds is 0. The Bertz CT molecular complexity index is 23.3. The van der Waals surface area contributed by atoms with Gasteiger partial charge in [0.05, 0.1) is 0 Å². The molecule has 0 saturated carbocycles. The molecule has 2 heteroatoms. The number of alkyl halides is 1. The summed E-state index contributed by atoms with van der Waals surface area (Å²) in [5.41, 5.74) is 0. The smallest absolute Gasteiger partial charge is 0.0488 e. The van der Waals surface area contributed by atoms with Crippen molar-refractivity contribution in [3.05, 3.63) is 0 Å². The van der Waals surface area contributed by atoms with Gasteiger partial charge >= 0.3 is 0 Å². The molecule has 0 N–H and O–H groups in total.